The summed E-state index contributed by atoms with van der Waals surface area (Å²) in [6.45, 7) is 5.18. The summed E-state index contributed by atoms with van der Waals surface area (Å²) in [5.74, 6) is -0.258. The Hall–Kier alpha value is -1.05. The largest absolute Gasteiger partial charge is 0.454 e. The number of allylic oxidation sites excluding steroid dienone is 2. The molecule has 0 rings (SSSR count). The highest BCUT2D eigenvalue weighted by atomic mass is 16.5. The van der Waals surface area contributed by atoms with Crippen molar-refractivity contribution in [2.45, 2.75) is 26.9 Å². The third kappa shape index (κ3) is 5.40. The van der Waals surface area contributed by atoms with Crippen molar-refractivity contribution in [1.82, 2.24) is 0 Å². The van der Waals surface area contributed by atoms with Gasteiger partial charge in [-0.1, -0.05) is 12.2 Å². The third-order valence-corrected chi connectivity index (χ3v) is 1.07. The van der Waals surface area contributed by atoms with E-state index in [9.17, 15) is 4.79 Å². The Balaban J connectivity index is 3.99. The van der Waals surface area contributed by atoms with Gasteiger partial charge in [0.05, 0.1) is 0 Å². The van der Waals surface area contributed by atoms with Crippen molar-refractivity contribution in [3.8, 4) is 0 Å². The summed E-state index contributed by atoms with van der Waals surface area (Å²) >= 11 is 0. The lowest BCUT2D eigenvalue weighted by Crippen LogP contribution is -2.10. The molecule has 11 heavy (non-hydrogen) atoms. The first-order valence-electron chi connectivity index (χ1n) is 3.63. The highest BCUT2D eigenvalue weighted by Gasteiger charge is 2.00. The maximum atomic E-state index is 10.5. The standard InChI is InChI=1S/C9H14O2/c1-4-6-9(7-5-2)11-8(3)10/h4-7,9H,1-3H3/b6-4+,7-5+. The van der Waals surface area contributed by atoms with Crippen LogP contribution < -0.4 is 0 Å². The molecule has 0 aromatic heterocycles. The molecule has 0 atom stereocenters. The van der Waals surface area contributed by atoms with Crippen LogP contribution in [0.5, 0.6) is 0 Å². The molecule has 0 aliphatic heterocycles. The first-order chi connectivity index (χ1) is 5.20. The zero-order chi connectivity index (χ0) is 8.69. The monoisotopic (exact) mass is 154 g/mol. The lowest BCUT2D eigenvalue weighted by atomic mass is 10.3. The zero-order valence-electron chi connectivity index (χ0n) is 7.20. The highest BCUT2D eigenvalue weighted by Crippen LogP contribution is 1.97. The molecule has 0 aliphatic rings. The molecule has 62 valence electrons. The summed E-state index contributed by atoms with van der Waals surface area (Å²) in [4.78, 5) is 10.5. The second-order valence-corrected chi connectivity index (χ2v) is 2.13. The maximum Gasteiger partial charge on any atom is 0.303 e. The van der Waals surface area contributed by atoms with Gasteiger partial charge in [-0.2, -0.15) is 0 Å². The van der Waals surface area contributed by atoms with Gasteiger partial charge >= 0.3 is 5.97 Å². The van der Waals surface area contributed by atoms with Gasteiger partial charge in [-0.3, -0.25) is 4.79 Å². The van der Waals surface area contributed by atoms with E-state index >= 15 is 0 Å². The van der Waals surface area contributed by atoms with Crippen molar-refractivity contribution >= 4 is 5.97 Å². The van der Waals surface area contributed by atoms with E-state index in [1.165, 1.54) is 6.92 Å². The van der Waals surface area contributed by atoms with Crippen LogP contribution in [0.15, 0.2) is 24.3 Å². The minimum Gasteiger partial charge on any atom is -0.454 e. The molecule has 0 saturated heterocycles. The van der Waals surface area contributed by atoms with Crippen LogP contribution in [0.4, 0.5) is 0 Å². The summed E-state index contributed by atoms with van der Waals surface area (Å²) in [5.41, 5.74) is 0. The number of esters is 1. The van der Waals surface area contributed by atoms with Crippen LogP contribution in [-0.2, 0) is 9.53 Å². The Morgan fingerprint density at radius 3 is 2.00 bits per heavy atom. The van der Waals surface area contributed by atoms with E-state index in [0.29, 0.717) is 0 Å². The van der Waals surface area contributed by atoms with Crippen LogP contribution in [0, 0.1) is 0 Å². The van der Waals surface area contributed by atoms with E-state index in [-0.39, 0.29) is 12.1 Å². The molecule has 0 radical (unpaired) electrons. The molecule has 0 aromatic carbocycles. The average Bonchev–Trinajstić information content (AvgIpc) is 1.87. The summed E-state index contributed by atoms with van der Waals surface area (Å²) in [7, 11) is 0. The summed E-state index contributed by atoms with van der Waals surface area (Å²) < 4.78 is 4.92. The number of carbonyl (C=O) groups is 1. The van der Waals surface area contributed by atoms with Crippen molar-refractivity contribution in [1.29, 1.82) is 0 Å². The van der Waals surface area contributed by atoms with E-state index in [0.717, 1.165) is 0 Å². The Kier molecular flexibility index (Phi) is 5.17. The van der Waals surface area contributed by atoms with Crippen molar-refractivity contribution < 1.29 is 9.53 Å². The van der Waals surface area contributed by atoms with Crippen LogP contribution in [0.25, 0.3) is 0 Å². The lowest BCUT2D eigenvalue weighted by Gasteiger charge is -2.06. The minimum absolute atomic E-state index is 0.206. The summed E-state index contributed by atoms with van der Waals surface area (Å²) in [6.07, 6.45) is 7.15. The average molecular weight is 154 g/mol. The molecule has 0 unspecified atom stereocenters. The van der Waals surface area contributed by atoms with Crippen LogP contribution in [0.1, 0.15) is 20.8 Å². The predicted molar refractivity (Wildman–Crippen MR) is 45.2 cm³/mol. The fourth-order valence-corrected chi connectivity index (χ4v) is 0.714. The summed E-state index contributed by atoms with van der Waals surface area (Å²) in [5, 5.41) is 0. The normalized spacial score (nSPS) is 11.6. The molecule has 0 spiro atoms. The van der Waals surface area contributed by atoms with Gasteiger partial charge in [0.2, 0.25) is 0 Å². The molecule has 0 saturated carbocycles. The van der Waals surface area contributed by atoms with Crippen molar-refractivity contribution in [2.75, 3.05) is 0 Å². The van der Waals surface area contributed by atoms with E-state index in [2.05, 4.69) is 0 Å². The molecule has 2 heteroatoms. The predicted octanol–water partition coefficient (Wildman–Crippen LogP) is 2.07. The second-order valence-electron chi connectivity index (χ2n) is 2.13. The topological polar surface area (TPSA) is 26.3 Å². The molecule has 0 N–H and O–H groups in total. The fraction of sp³-hybridized carbons (Fsp3) is 0.444. The van der Waals surface area contributed by atoms with Gasteiger partial charge in [0.25, 0.3) is 0 Å². The van der Waals surface area contributed by atoms with Crippen LogP contribution in [-0.4, -0.2) is 12.1 Å². The Labute approximate surface area is 67.6 Å². The molecular formula is C9H14O2. The van der Waals surface area contributed by atoms with Crippen LogP contribution in [0.3, 0.4) is 0 Å². The fourth-order valence-electron chi connectivity index (χ4n) is 0.714. The first-order valence-corrected chi connectivity index (χ1v) is 3.63. The Morgan fingerprint density at radius 2 is 1.73 bits per heavy atom. The number of hydrogen-bond acceptors (Lipinski definition) is 2. The van der Waals surface area contributed by atoms with Gasteiger partial charge < -0.3 is 4.74 Å². The molecule has 0 aliphatic carbocycles. The van der Waals surface area contributed by atoms with E-state index < -0.39 is 0 Å². The lowest BCUT2D eigenvalue weighted by molar-refractivity contribution is -0.142. The number of rotatable bonds is 3. The molecule has 0 amide bonds. The van der Waals surface area contributed by atoms with E-state index in [1.807, 2.05) is 38.2 Å². The summed E-state index contributed by atoms with van der Waals surface area (Å²) in [6, 6.07) is 0. The SMILES string of the molecule is C/C=C/C(/C=C/C)OC(C)=O. The molecule has 0 bridgehead atoms. The molecule has 2 nitrogen and oxygen atoms in total. The van der Waals surface area contributed by atoms with Crippen molar-refractivity contribution in [3.05, 3.63) is 24.3 Å². The minimum atomic E-state index is -0.258. The van der Waals surface area contributed by atoms with Gasteiger partial charge in [-0.25, -0.2) is 0 Å². The van der Waals surface area contributed by atoms with Crippen LogP contribution >= 0.6 is 0 Å². The Morgan fingerprint density at radius 1 is 1.27 bits per heavy atom. The van der Waals surface area contributed by atoms with Gasteiger partial charge in [0.15, 0.2) is 0 Å². The number of ether oxygens (including phenoxy) is 1. The molecule has 0 fully saturated rings. The third-order valence-electron chi connectivity index (χ3n) is 1.07. The van der Waals surface area contributed by atoms with Gasteiger partial charge in [-0.15, -0.1) is 0 Å². The van der Waals surface area contributed by atoms with Gasteiger partial charge in [0, 0.05) is 6.92 Å². The van der Waals surface area contributed by atoms with Gasteiger partial charge in [-0.05, 0) is 26.0 Å². The van der Waals surface area contributed by atoms with E-state index in [1.54, 1.807) is 0 Å². The zero-order valence-corrected chi connectivity index (χ0v) is 7.20. The maximum absolute atomic E-state index is 10.5. The number of carbonyl (C=O) groups excluding carboxylic acids is 1. The molecule has 0 aromatic rings. The second kappa shape index (κ2) is 5.71. The molecule has 0 heterocycles. The number of hydrogen-bond donors (Lipinski definition) is 0. The first kappa shape index (κ1) is 9.95. The van der Waals surface area contributed by atoms with E-state index in [4.69, 9.17) is 4.74 Å². The smallest absolute Gasteiger partial charge is 0.303 e. The van der Waals surface area contributed by atoms with Crippen molar-refractivity contribution in [2.24, 2.45) is 0 Å². The van der Waals surface area contributed by atoms with Crippen LogP contribution in [0.2, 0.25) is 0 Å². The Bertz CT molecular complexity index is 156. The quantitative estimate of drug-likeness (QED) is 0.459. The highest BCUT2D eigenvalue weighted by molar-refractivity contribution is 5.66. The van der Waals surface area contributed by atoms with Gasteiger partial charge in [0.1, 0.15) is 6.10 Å². The molecular weight excluding hydrogens is 140 g/mol. The van der Waals surface area contributed by atoms with Crippen molar-refractivity contribution in [3.63, 3.8) is 0 Å².